The van der Waals surface area contributed by atoms with Crippen LogP contribution in [0, 0.1) is 17.5 Å². The van der Waals surface area contributed by atoms with Gasteiger partial charge >= 0.3 is 0 Å². The maximum absolute atomic E-state index is 13.2. The molecule has 0 unspecified atom stereocenters. The first-order chi connectivity index (χ1) is 12.1. The largest absolute Gasteiger partial charge is 0.204 e. The summed E-state index contributed by atoms with van der Waals surface area (Å²) < 4.78 is 39.4. The Bertz CT molecular complexity index is 664. The number of allylic oxidation sites excluding steroid dienone is 1. The molecule has 2 aromatic rings. The van der Waals surface area contributed by atoms with Gasteiger partial charge in [0.05, 0.1) is 0 Å². The van der Waals surface area contributed by atoms with Gasteiger partial charge in [0.15, 0.2) is 17.5 Å². The third kappa shape index (κ3) is 6.41. The summed E-state index contributed by atoms with van der Waals surface area (Å²) >= 11 is 0. The van der Waals surface area contributed by atoms with Crippen LogP contribution in [-0.4, -0.2) is 0 Å². The van der Waals surface area contributed by atoms with Crippen molar-refractivity contribution in [2.75, 3.05) is 0 Å². The van der Waals surface area contributed by atoms with Crippen LogP contribution < -0.4 is 0 Å². The van der Waals surface area contributed by atoms with Gasteiger partial charge in [0.25, 0.3) is 0 Å². The van der Waals surface area contributed by atoms with Crippen molar-refractivity contribution in [1.82, 2.24) is 0 Å². The SMILES string of the molecule is CCCCCCC=Cc1ccc(CCc2cc(F)c(F)c(F)c2)cc1. The van der Waals surface area contributed by atoms with Crippen LogP contribution in [0.25, 0.3) is 6.08 Å². The summed E-state index contributed by atoms with van der Waals surface area (Å²) in [6, 6.07) is 10.3. The Morgan fingerprint density at radius 3 is 2.08 bits per heavy atom. The fourth-order valence-corrected chi connectivity index (χ4v) is 2.74. The van der Waals surface area contributed by atoms with Gasteiger partial charge in [-0.15, -0.1) is 0 Å². The lowest BCUT2D eigenvalue weighted by Gasteiger charge is -2.05. The number of hydrogen-bond acceptors (Lipinski definition) is 0. The molecule has 0 saturated heterocycles. The predicted octanol–water partition coefficient (Wildman–Crippen LogP) is 6.87. The summed E-state index contributed by atoms with van der Waals surface area (Å²) in [4.78, 5) is 0. The summed E-state index contributed by atoms with van der Waals surface area (Å²) in [7, 11) is 0. The van der Waals surface area contributed by atoms with Crippen molar-refractivity contribution in [2.45, 2.75) is 51.9 Å². The third-order valence-corrected chi connectivity index (χ3v) is 4.26. The van der Waals surface area contributed by atoms with Crippen molar-refractivity contribution in [2.24, 2.45) is 0 Å². The van der Waals surface area contributed by atoms with E-state index in [9.17, 15) is 13.2 Å². The Balaban J connectivity index is 1.83. The minimum Gasteiger partial charge on any atom is -0.204 e. The van der Waals surface area contributed by atoms with Gasteiger partial charge in [-0.25, -0.2) is 13.2 Å². The predicted molar refractivity (Wildman–Crippen MR) is 98.0 cm³/mol. The molecule has 134 valence electrons. The second kappa shape index (κ2) is 10.1. The summed E-state index contributed by atoms with van der Waals surface area (Å²) in [5, 5.41) is 0. The van der Waals surface area contributed by atoms with Crippen LogP contribution in [0.3, 0.4) is 0 Å². The molecule has 0 heterocycles. The van der Waals surface area contributed by atoms with E-state index in [-0.39, 0.29) is 0 Å². The van der Waals surface area contributed by atoms with E-state index in [4.69, 9.17) is 0 Å². The minimum absolute atomic E-state index is 0.465. The molecule has 0 radical (unpaired) electrons. The molecule has 0 aliphatic carbocycles. The minimum atomic E-state index is -1.41. The Morgan fingerprint density at radius 1 is 0.800 bits per heavy atom. The molecule has 0 aliphatic heterocycles. The number of hydrogen-bond donors (Lipinski definition) is 0. The smallest absolute Gasteiger partial charge is 0.194 e. The maximum Gasteiger partial charge on any atom is 0.194 e. The molecular formula is C22H25F3. The first-order valence-corrected chi connectivity index (χ1v) is 8.99. The van der Waals surface area contributed by atoms with Gasteiger partial charge in [-0.2, -0.15) is 0 Å². The van der Waals surface area contributed by atoms with E-state index in [2.05, 4.69) is 19.1 Å². The highest BCUT2D eigenvalue weighted by Crippen LogP contribution is 2.16. The summed E-state index contributed by atoms with van der Waals surface area (Å²) in [5.41, 5.74) is 2.70. The average Bonchev–Trinajstić information content (AvgIpc) is 2.61. The van der Waals surface area contributed by atoms with Crippen LogP contribution in [0.4, 0.5) is 13.2 Å². The molecule has 0 saturated carbocycles. The number of rotatable bonds is 9. The van der Waals surface area contributed by atoms with Gasteiger partial charge in [-0.05, 0) is 54.5 Å². The lowest BCUT2D eigenvalue weighted by Crippen LogP contribution is -1.97. The van der Waals surface area contributed by atoms with E-state index in [1.165, 1.54) is 25.7 Å². The quantitative estimate of drug-likeness (QED) is 0.343. The lowest BCUT2D eigenvalue weighted by atomic mass is 10.0. The first-order valence-electron chi connectivity index (χ1n) is 8.99. The molecular weight excluding hydrogens is 321 g/mol. The Kier molecular flexibility index (Phi) is 7.77. The van der Waals surface area contributed by atoms with Crippen molar-refractivity contribution >= 4 is 6.08 Å². The first kappa shape index (κ1) is 19.3. The van der Waals surface area contributed by atoms with E-state index in [0.29, 0.717) is 18.4 Å². The number of aryl methyl sites for hydroxylation is 2. The number of halogens is 3. The standard InChI is InChI=1S/C22H25F3/c1-2-3-4-5-6-7-8-17-9-11-18(12-10-17)13-14-19-15-20(23)22(25)21(24)16-19/h7-12,15-16H,2-6,13-14H2,1H3. The third-order valence-electron chi connectivity index (χ3n) is 4.26. The lowest BCUT2D eigenvalue weighted by molar-refractivity contribution is 0.445. The molecule has 0 amide bonds. The molecule has 0 N–H and O–H groups in total. The zero-order valence-corrected chi connectivity index (χ0v) is 14.7. The molecule has 0 spiro atoms. The fraction of sp³-hybridized carbons (Fsp3) is 0.364. The van der Waals surface area contributed by atoms with Crippen LogP contribution in [0.2, 0.25) is 0 Å². The van der Waals surface area contributed by atoms with Crippen molar-refractivity contribution in [3.8, 4) is 0 Å². The normalized spacial score (nSPS) is 11.4. The van der Waals surface area contributed by atoms with Gasteiger partial charge in [0.2, 0.25) is 0 Å². The monoisotopic (exact) mass is 346 g/mol. The van der Waals surface area contributed by atoms with Crippen LogP contribution in [0.1, 0.15) is 55.7 Å². The molecule has 0 bridgehead atoms. The van der Waals surface area contributed by atoms with Gasteiger partial charge < -0.3 is 0 Å². The topological polar surface area (TPSA) is 0 Å². The zero-order valence-electron chi connectivity index (χ0n) is 14.7. The van der Waals surface area contributed by atoms with E-state index >= 15 is 0 Å². The van der Waals surface area contributed by atoms with E-state index in [1.807, 2.05) is 24.3 Å². The van der Waals surface area contributed by atoms with E-state index in [1.54, 1.807) is 0 Å². The maximum atomic E-state index is 13.2. The average molecular weight is 346 g/mol. The molecule has 25 heavy (non-hydrogen) atoms. The molecule has 0 fully saturated rings. The summed E-state index contributed by atoms with van der Waals surface area (Å²) in [6.45, 7) is 2.21. The van der Waals surface area contributed by atoms with Crippen LogP contribution >= 0.6 is 0 Å². The molecule has 2 rings (SSSR count). The fourth-order valence-electron chi connectivity index (χ4n) is 2.74. The van der Waals surface area contributed by atoms with E-state index < -0.39 is 17.5 Å². The molecule has 3 heteroatoms. The second-order valence-corrected chi connectivity index (χ2v) is 6.37. The van der Waals surface area contributed by atoms with Crippen LogP contribution in [-0.2, 0) is 12.8 Å². The van der Waals surface area contributed by atoms with Crippen molar-refractivity contribution in [3.63, 3.8) is 0 Å². The van der Waals surface area contributed by atoms with E-state index in [0.717, 1.165) is 29.7 Å². The van der Waals surface area contributed by atoms with Gasteiger partial charge in [-0.3, -0.25) is 0 Å². The highest BCUT2D eigenvalue weighted by atomic mass is 19.2. The molecule has 0 nitrogen and oxygen atoms in total. The summed E-state index contributed by atoms with van der Waals surface area (Å²) in [6.07, 6.45) is 11.6. The second-order valence-electron chi connectivity index (χ2n) is 6.37. The molecule has 2 aromatic carbocycles. The van der Waals surface area contributed by atoms with Crippen LogP contribution in [0.15, 0.2) is 42.5 Å². The summed E-state index contributed by atoms with van der Waals surface area (Å²) in [5.74, 6) is -3.67. The van der Waals surface area contributed by atoms with Crippen molar-refractivity contribution in [3.05, 3.63) is 76.6 Å². The highest BCUT2D eigenvalue weighted by Gasteiger charge is 2.10. The molecule has 0 atom stereocenters. The molecule has 0 aliphatic rings. The highest BCUT2D eigenvalue weighted by molar-refractivity contribution is 5.49. The Labute approximate surface area is 148 Å². The molecule has 0 aromatic heterocycles. The Morgan fingerprint density at radius 2 is 1.44 bits per heavy atom. The van der Waals surface area contributed by atoms with Gasteiger partial charge in [-0.1, -0.05) is 62.6 Å². The van der Waals surface area contributed by atoms with Crippen molar-refractivity contribution in [1.29, 1.82) is 0 Å². The Hall–Kier alpha value is -2.03. The number of unbranched alkanes of at least 4 members (excludes halogenated alkanes) is 4. The number of benzene rings is 2. The van der Waals surface area contributed by atoms with Crippen molar-refractivity contribution < 1.29 is 13.2 Å². The van der Waals surface area contributed by atoms with Crippen LogP contribution in [0.5, 0.6) is 0 Å². The van der Waals surface area contributed by atoms with Gasteiger partial charge in [0.1, 0.15) is 0 Å². The van der Waals surface area contributed by atoms with Gasteiger partial charge in [0, 0.05) is 0 Å². The zero-order chi connectivity index (χ0) is 18.1.